The molecule has 3 rings (SSSR count). The van der Waals surface area contributed by atoms with Crippen LogP contribution in [0.3, 0.4) is 0 Å². The van der Waals surface area contributed by atoms with Gasteiger partial charge in [0, 0.05) is 12.2 Å². The molecule has 1 aromatic rings. The van der Waals surface area contributed by atoms with E-state index in [1.54, 1.807) is 6.92 Å². The van der Waals surface area contributed by atoms with E-state index in [1.807, 2.05) is 0 Å². The van der Waals surface area contributed by atoms with Gasteiger partial charge in [0.25, 0.3) is 5.91 Å². The minimum atomic E-state index is -3.66. The molecule has 2 heterocycles. The summed E-state index contributed by atoms with van der Waals surface area (Å²) in [6.45, 7) is 1.53. The SMILES string of the molecule is CCN1C(=O)C(F)(F)c2cc(N3C[C@H](C(N)=O)OC3=O)ccc21. The number of primary amides is 1. The van der Waals surface area contributed by atoms with E-state index in [-0.39, 0.29) is 24.5 Å². The number of ether oxygens (including phenoxy) is 1. The van der Waals surface area contributed by atoms with Gasteiger partial charge in [-0.1, -0.05) is 0 Å². The first kappa shape index (κ1) is 15.2. The summed E-state index contributed by atoms with van der Waals surface area (Å²) < 4.78 is 33.0. The third kappa shape index (κ3) is 2.11. The number of likely N-dealkylation sites (N-methyl/N-ethyl adjacent to an activating group) is 1. The monoisotopic (exact) mass is 325 g/mol. The van der Waals surface area contributed by atoms with Crippen molar-refractivity contribution in [3.05, 3.63) is 23.8 Å². The minimum Gasteiger partial charge on any atom is -0.434 e. The van der Waals surface area contributed by atoms with Gasteiger partial charge in [-0.15, -0.1) is 0 Å². The Bertz CT molecular complexity index is 722. The van der Waals surface area contributed by atoms with E-state index in [9.17, 15) is 23.2 Å². The molecule has 0 radical (unpaired) electrons. The number of hydrogen-bond acceptors (Lipinski definition) is 4. The second-order valence-corrected chi connectivity index (χ2v) is 5.21. The summed E-state index contributed by atoms with van der Waals surface area (Å²) in [5.74, 6) is -5.78. The van der Waals surface area contributed by atoms with Gasteiger partial charge in [-0.25, -0.2) is 4.79 Å². The molecule has 2 aliphatic rings. The predicted octanol–water partition coefficient (Wildman–Crippen LogP) is 0.955. The van der Waals surface area contributed by atoms with Gasteiger partial charge in [0.15, 0.2) is 6.10 Å². The van der Waals surface area contributed by atoms with Gasteiger partial charge < -0.3 is 15.4 Å². The molecule has 0 unspecified atom stereocenters. The fourth-order valence-corrected chi connectivity index (χ4v) is 2.71. The number of carbonyl (C=O) groups is 3. The zero-order chi connectivity index (χ0) is 16.9. The van der Waals surface area contributed by atoms with Crippen LogP contribution in [0.2, 0.25) is 0 Å². The Hall–Kier alpha value is -2.71. The number of rotatable bonds is 3. The van der Waals surface area contributed by atoms with Crippen molar-refractivity contribution >= 4 is 29.3 Å². The van der Waals surface area contributed by atoms with Gasteiger partial charge in [0.2, 0.25) is 0 Å². The van der Waals surface area contributed by atoms with Crippen LogP contribution >= 0.6 is 0 Å². The van der Waals surface area contributed by atoms with Gasteiger partial charge in [-0.3, -0.25) is 14.5 Å². The molecule has 23 heavy (non-hydrogen) atoms. The highest BCUT2D eigenvalue weighted by molar-refractivity contribution is 6.06. The van der Waals surface area contributed by atoms with Crippen LogP contribution in [0.5, 0.6) is 0 Å². The van der Waals surface area contributed by atoms with Crippen molar-refractivity contribution in [2.75, 3.05) is 22.9 Å². The minimum absolute atomic E-state index is 0.102. The number of halogens is 2. The number of hydrogen-bond donors (Lipinski definition) is 1. The molecule has 0 bridgehead atoms. The van der Waals surface area contributed by atoms with E-state index in [0.717, 1.165) is 15.9 Å². The van der Waals surface area contributed by atoms with E-state index in [2.05, 4.69) is 0 Å². The number of benzene rings is 1. The lowest BCUT2D eigenvalue weighted by atomic mass is 10.1. The Kier molecular flexibility index (Phi) is 3.24. The van der Waals surface area contributed by atoms with Crippen LogP contribution in [-0.2, 0) is 20.2 Å². The molecule has 7 nitrogen and oxygen atoms in total. The summed E-state index contributed by atoms with van der Waals surface area (Å²) in [4.78, 5) is 36.6. The highest BCUT2D eigenvalue weighted by atomic mass is 19.3. The molecular weight excluding hydrogens is 312 g/mol. The van der Waals surface area contributed by atoms with Crippen molar-refractivity contribution in [2.24, 2.45) is 5.73 Å². The van der Waals surface area contributed by atoms with Gasteiger partial charge in [-0.05, 0) is 25.1 Å². The summed E-state index contributed by atoms with van der Waals surface area (Å²) in [6.07, 6.45) is -1.99. The second kappa shape index (κ2) is 4.90. The van der Waals surface area contributed by atoms with Gasteiger partial charge in [-0.2, -0.15) is 8.78 Å². The maximum atomic E-state index is 14.1. The maximum absolute atomic E-state index is 14.1. The van der Waals surface area contributed by atoms with Crippen LogP contribution in [0, 0.1) is 0 Å². The fourth-order valence-electron chi connectivity index (χ4n) is 2.71. The molecule has 1 saturated heterocycles. The molecule has 1 fully saturated rings. The molecule has 0 aromatic heterocycles. The van der Waals surface area contributed by atoms with Crippen molar-refractivity contribution in [2.45, 2.75) is 19.0 Å². The van der Waals surface area contributed by atoms with Crippen molar-refractivity contribution in [1.82, 2.24) is 0 Å². The molecular formula is C14H13F2N3O4. The molecule has 1 atom stereocenters. The highest BCUT2D eigenvalue weighted by Crippen LogP contribution is 2.45. The van der Waals surface area contributed by atoms with Gasteiger partial charge in [0.1, 0.15) is 0 Å². The Morgan fingerprint density at radius 2 is 2.13 bits per heavy atom. The van der Waals surface area contributed by atoms with Crippen LogP contribution in [0.4, 0.5) is 25.0 Å². The van der Waals surface area contributed by atoms with Crippen LogP contribution in [0.15, 0.2) is 18.2 Å². The van der Waals surface area contributed by atoms with E-state index in [4.69, 9.17) is 10.5 Å². The number of amides is 3. The predicted molar refractivity (Wildman–Crippen MR) is 75.2 cm³/mol. The van der Waals surface area contributed by atoms with Gasteiger partial charge >= 0.3 is 17.9 Å². The number of fused-ring (bicyclic) bond motifs is 1. The van der Waals surface area contributed by atoms with Crippen LogP contribution in [0.25, 0.3) is 0 Å². The van der Waals surface area contributed by atoms with Crippen LogP contribution in [0.1, 0.15) is 12.5 Å². The highest BCUT2D eigenvalue weighted by Gasteiger charge is 2.52. The Morgan fingerprint density at radius 3 is 2.70 bits per heavy atom. The zero-order valence-corrected chi connectivity index (χ0v) is 12.1. The number of carbonyl (C=O) groups excluding carboxylic acids is 3. The molecule has 122 valence electrons. The first-order chi connectivity index (χ1) is 10.8. The van der Waals surface area contributed by atoms with Crippen molar-refractivity contribution in [3.63, 3.8) is 0 Å². The first-order valence-corrected chi connectivity index (χ1v) is 6.89. The largest absolute Gasteiger partial charge is 0.434 e. The molecule has 0 saturated carbocycles. The summed E-state index contributed by atoms with van der Waals surface area (Å²) in [5.41, 5.74) is 4.81. The number of alkyl halides is 2. The lowest BCUT2D eigenvalue weighted by molar-refractivity contribution is -0.141. The molecule has 1 aromatic carbocycles. The first-order valence-electron chi connectivity index (χ1n) is 6.89. The normalized spacial score (nSPS) is 22.3. The van der Waals surface area contributed by atoms with Crippen molar-refractivity contribution in [1.29, 1.82) is 0 Å². The van der Waals surface area contributed by atoms with E-state index in [0.29, 0.717) is 0 Å². The van der Waals surface area contributed by atoms with Crippen molar-refractivity contribution < 1.29 is 27.9 Å². The van der Waals surface area contributed by atoms with Crippen LogP contribution in [-0.4, -0.2) is 37.1 Å². The maximum Gasteiger partial charge on any atom is 0.415 e. The summed E-state index contributed by atoms with van der Waals surface area (Å²) in [5, 5.41) is 0. The number of nitrogens with two attached hydrogens (primary N) is 1. The van der Waals surface area contributed by atoms with E-state index in [1.165, 1.54) is 12.1 Å². The molecule has 3 amide bonds. The molecule has 0 aliphatic carbocycles. The third-order valence-electron chi connectivity index (χ3n) is 3.88. The lowest BCUT2D eigenvalue weighted by Crippen LogP contribution is -2.34. The number of nitrogens with zero attached hydrogens (tertiary/aromatic N) is 2. The van der Waals surface area contributed by atoms with Crippen molar-refractivity contribution in [3.8, 4) is 0 Å². The quantitative estimate of drug-likeness (QED) is 0.895. The topological polar surface area (TPSA) is 92.9 Å². The third-order valence-corrected chi connectivity index (χ3v) is 3.88. The Balaban J connectivity index is 2.00. The summed E-state index contributed by atoms with van der Waals surface area (Å²) >= 11 is 0. The van der Waals surface area contributed by atoms with E-state index < -0.39 is 35.5 Å². The molecule has 9 heteroatoms. The Labute approximate surface area is 129 Å². The molecule has 2 N–H and O–H groups in total. The average Bonchev–Trinajstić information content (AvgIpc) is 2.97. The molecule has 2 aliphatic heterocycles. The summed E-state index contributed by atoms with van der Waals surface area (Å²) in [7, 11) is 0. The van der Waals surface area contributed by atoms with Gasteiger partial charge in [0.05, 0.1) is 17.8 Å². The summed E-state index contributed by atoms with van der Waals surface area (Å²) in [6, 6.07) is 3.83. The lowest BCUT2D eigenvalue weighted by Gasteiger charge is -2.16. The van der Waals surface area contributed by atoms with E-state index >= 15 is 0 Å². The smallest absolute Gasteiger partial charge is 0.415 e. The van der Waals surface area contributed by atoms with Crippen LogP contribution < -0.4 is 15.5 Å². The number of anilines is 2. The second-order valence-electron chi connectivity index (χ2n) is 5.21. The Morgan fingerprint density at radius 1 is 1.43 bits per heavy atom. The fraction of sp³-hybridized carbons (Fsp3) is 0.357. The number of cyclic esters (lactones) is 1. The standard InChI is InChI=1S/C14H13F2N3O4/c1-2-18-9-4-3-7(5-8(9)14(15,16)12(18)21)19-6-10(11(17)20)23-13(19)22/h3-5,10H,2,6H2,1H3,(H2,17,20)/t10-/m1/s1. The average molecular weight is 325 g/mol. The molecule has 0 spiro atoms. The zero-order valence-electron chi connectivity index (χ0n) is 12.1.